The Morgan fingerprint density at radius 3 is 1.93 bits per heavy atom. The molecule has 1 aromatic heterocycles. The molecule has 0 saturated carbocycles. The highest BCUT2D eigenvalue weighted by Gasteiger charge is 2.61. The number of anilines is 2. The van der Waals surface area contributed by atoms with Crippen LogP contribution in [0.3, 0.4) is 0 Å². The molecule has 5 aliphatic rings. The second-order valence-electron chi connectivity index (χ2n) is 21.0. The minimum atomic E-state index is -0.603. The summed E-state index contributed by atoms with van der Waals surface area (Å²) in [7, 11) is 0. The molecule has 15 rings (SSSR count). The number of fused-ring (bicyclic) bond motifs is 7. The van der Waals surface area contributed by atoms with Gasteiger partial charge in [-0.05, 0) is 146 Å². The third kappa shape index (κ3) is 5.47. The van der Waals surface area contributed by atoms with Gasteiger partial charge in [-0.2, -0.15) is 0 Å². The lowest BCUT2D eigenvalue weighted by Crippen LogP contribution is -2.52. The van der Waals surface area contributed by atoms with Gasteiger partial charge in [0.05, 0.1) is 11.0 Å². The van der Waals surface area contributed by atoms with E-state index < -0.39 is 11.0 Å². The van der Waals surface area contributed by atoms with Crippen LogP contribution in [-0.4, -0.2) is 5.54 Å². The maximum atomic E-state index is 6.84. The van der Waals surface area contributed by atoms with Crippen molar-refractivity contribution in [2.24, 2.45) is 11.8 Å². The van der Waals surface area contributed by atoms with Gasteiger partial charge in [-0.25, -0.2) is 0 Å². The predicted molar refractivity (Wildman–Crippen MR) is 299 cm³/mol. The summed E-state index contributed by atoms with van der Waals surface area (Å²) in [5, 5.41) is 2.24. The van der Waals surface area contributed by atoms with E-state index >= 15 is 0 Å². The monoisotopic (exact) mass is 941 g/mol. The highest BCUT2D eigenvalue weighted by Crippen LogP contribution is 2.71. The first-order valence-electron chi connectivity index (χ1n) is 25.6. The molecule has 5 atom stereocenters. The molecule has 9 aromatic carbocycles. The van der Waals surface area contributed by atoms with Crippen LogP contribution in [-0.2, 0) is 10.8 Å². The van der Waals surface area contributed by atoms with E-state index in [2.05, 4.69) is 257 Å². The van der Waals surface area contributed by atoms with Gasteiger partial charge in [0.1, 0.15) is 11.2 Å². The molecule has 0 radical (unpaired) electrons. The molecule has 3 heteroatoms. The molecule has 0 saturated heterocycles. The second-order valence-corrected chi connectivity index (χ2v) is 22.1. The summed E-state index contributed by atoms with van der Waals surface area (Å²) in [6.07, 6.45) is 5.15. The first-order chi connectivity index (χ1) is 35.3. The van der Waals surface area contributed by atoms with E-state index in [4.69, 9.17) is 4.42 Å². The smallest absolute Gasteiger partial charge is 0.136 e. The van der Waals surface area contributed by atoms with Crippen LogP contribution in [0.15, 0.2) is 255 Å². The molecule has 2 aliphatic heterocycles. The van der Waals surface area contributed by atoms with Crippen molar-refractivity contribution in [2.45, 2.75) is 53.9 Å². The fourth-order valence-corrected chi connectivity index (χ4v) is 15.8. The average Bonchev–Trinajstić information content (AvgIpc) is 3.98. The largest absolute Gasteiger partial charge is 0.456 e. The number of benzene rings is 9. The Kier molecular flexibility index (Phi) is 8.78. The van der Waals surface area contributed by atoms with Crippen molar-refractivity contribution in [1.82, 2.24) is 0 Å². The van der Waals surface area contributed by atoms with Crippen molar-refractivity contribution >= 4 is 50.6 Å². The Labute approximate surface area is 425 Å². The average molecular weight is 942 g/mol. The summed E-state index contributed by atoms with van der Waals surface area (Å²) in [5.41, 5.74) is 22.7. The van der Waals surface area contributed by atoms with Crippen LogP contribution in [0, 0.1) is 11.8 Å². The SMILES string of the molecule is CC1C2=C3C(C)C4=C1C(C)(c1ccccc1)C=CC4(C)N(c1ccc4oc5cccc(-c6cccc(-c7ccccc7)c6)c5c4c1)c1cc(-c4ccccc4)c4c(c1)C3(c1ccccc1S4)c1ccccc12. The summed E-state index contributed by atoms with van der Waals surface area (Å²) < 4.78 is 6.84. The standard InChI is InChI=1S/C69H51NOS/c1-42-61-52-28-14-15-30-55(52)69-56-31-16-17-33-60(56)72-66-53(45-22-10-6-11-23-45)40-50(41-57(66)69)70(68(4)37-36-67(3,48-26-12-7-13-27-48)64(42)65(68)43(2)63(61)69)49-34-35-58-54(39-49)62-51(29-19-32-59(62)71-58)47-25-18-24-46(38-47)44-20-8-5-9-21-44/h5-43H,1-4H3. The van der Waals surface area contributed by atoms with Crippen LogP contribution in [0.5, 0.6) is 0 Å². The van der Waals surface area contributed by atoms with Crippen LogP contribution < -0.4 is 4.90 Å². The Hall–Kier alpha value is -7.85. The van der Waals surface area contributed by atoms with E-state index in [0.717, 1.165) is 33.2 Å². The first-order valence-corrected chi connectivity index (χ1v) is 26.4. The van der Waals surface area contributed by atoms with Crippen molar-refractivity contribution in [3.63, 3.8) is 0 Å². The first kappa shape index (κ1) is 41.9. The predicted octanol–water partition coefficient (Wildman–Crippen LogP) is 18.2. The van der Waals surface area contributed by atoms with Crippen LogP contribution in [0.25, 0.3) is 60.9 Å². The summed E-state index contributed by atoms with van der Waals surface area (Å²) in [6.45, 7) is 10.1. The highest BCUT2D eigenvalue weighted by atomic mass is 32.2. The molecule has 3 heterocycles. The van der Waals surface area contributed by atoms with E-state index in [-0.39, 0.29) is 17.3 Å². The van der Waals surface area contributed by atoms with Gasteiger partial charge in [0.2, 0.25) is 0 Å². The van der Waals surface area contributed by atoms with Crippen molar-refractivity contribution in [1.29, 1.82) is 0 Å². The lowest BCUT2D eigenvalue weighted by atomic mass is 9.53. The molecule has 72 heavy (non-hydrogen) atoms. The van der Waals surface area contributed by atoms with Gasteiger partial charge in [0.25, 0.3) is 0 Å². The van der Waals surface area contributed by atoms with Gasteiger partial charge < -0.3 is 9.32 Å². The molecule has 5 unspecified atom stereocenters. The fraction of sp³-hybridized carbons (Fsp3) is 0.130. The van der Waals surface area contributed by atoms with E-state index in [1.807, 2.05) is 11.8 Å². The Morgan fingerprint density at radius 1 is 0.458 bits per heavy atom. The Morgan fingerprint density at radius 2 is 1.12 bits per heavy atom. The molecular weight excluding hydrogens is 891 g/mol. The summed E-state index contributed by atoms with van der Waals surface area (Å²) >= 11 is 1.95. The van der Waals surface area contributed by atoms with Crippen molar-refractivity contribution in [3.05, 3.63) is 269 Å². The molecule has 0 amide bonds. The fourth-order valence-electron chi connectivity index (χ4n) is 14.5. The summed E-state index contributed by atoms with van der Waals surface area (Å²) in [6, 6.07) is 79.5. The van der Waals surface area contributed by atoms with E-state index in [1.54, 1.807) is 0 Å². The maximum absolute atomic E-state index is 6.84. The molecule has 2 nitrogen and oxygen atoms in total. The minimum absolute atomic E-state index is 0.0690. The summed E-state index contributed by atoms with van der Waals surface area (Å²) in [4.78, 5) is 5.38. The number of allylic oxidation sites excluding steroid dienone is 4. The minimum Gasteiger partial charge on any atom is -0.456 e. The quantitative estimate of drug-likeness (QED) is 0.160. The Bertz CT molecular complexity index is 4030. The number of hydrogen-bond donors (Lipinski definition) is 0. The lowest BCUT2D eigenvalue weighted by molar-refractivity contribution is 0.468. The molecule has 4 bridgehead atoms. The van der Waals surface area contributed by atoms with Gasteiger partial charge in [-0.1, -0.05) is 202 Å². The highest BCUT2D eigenvalue weighted by molar-refractivity contribution is 7.99. The number of nitrogens with zero attached hydrogens (tertiary/aromatic N) is 1. The van der Waals surface area contributed by atoms with Crippen LogP contribution in [0.1, 0.15) is 55.5 Å². The van der Waals surface area contributed by atoms with Gasteiger partial charge in [0, 0.05) is 49.2 Å². The molecule has 3 aliphatic carbocycles. The van der Waals surface area contributed by atoms with Gasteiger partial charge in [0.15, 0.2) is 0 Å². The third-order valence-electron chi connectivity index (χ3n) is 17.4. The van der Waals surface area contributed by atoms with Crippen LogP contribution in [0.2, 0.25) is 0 Å². The van der Waals surface area contributed by atoms with Crippen molar-refractivity contribution < 1.29 is 4.42 Å². The zero-order valence-corrected chi connectivity index (χ0v) is 41.6. The lowest BCUT2D eigenvalue weighted by Gasteiger charge is -2.54. The molecule has 0 fully saturated rings. The zero-order chi connectivity index (χ0) is 48.1. The summed E-state index contributed by atoms with van der Waals surface area (Å²) in [5.74, 6) is 0.187. The Balaban J connectivity index is 1.07. The van der Waals surface area contributed by atoms with E-state index in [1.165, 1.54) is 93.4 Å². The molecule has 0 N–H and O–H groups in total. The van der Waals surface area contributed by atoms with Gasteiger partial charge >= 0.3 is 0 Å². The maximum Gasteiger partial charge on any atom is 0.136 e. The molecule has 1 spiro atoms. The normalized spacial score (nSPS) is 23.2. The topological polar surface area (TPSA) is 16.4 Å². The number of hydrogen-bond acceptors (Lipinski definition) is 3. The number of rotatable bonds is 5. The van der Waals surface area contributed by atoms with Gasteiger partial charge in [-0.3, -0.25) is 0 Å². The van der Waals surface area contributed by atoms with Crippen molar-refractivity contribution in [2.75, 3.05) is 4.90 Å². The number of furan rings is 1. The van der Waals surface area contributed by atoms with Crippen LogP contribution in [0.4, 0.5) is 11.4 Å². The molecular formula is C69H51NOS. The van der Waals surface area contributed by atoms with Crippen LogP contribution >= 0.6 is 11.8 Å². The second kappa shape index (κ2) is 15.1. The van der Waals surface area contributed by atoms with Crippen molar-refractivity contribution in [3.8, 4) is 33.4 Å². The molecule has 10 aromatic rings. The zero-order valence-electron chi connectivity index (χ0n) is 40.8. The van der Waals surface area contributed by atoms with E-state index in [9.17, 15) is 0 Å². The van der Waals surface area contributed by atoms with Gasteiger partial charge in [-0.15, -0.1) is 0 Å². The van der Waals surface area contributed by atoms with E-state index in [0.29, 0.717) is 0 Å². The molecule has 344 valence electrons. The third-order valence-corrected chi connectivity index (χ3v) is 18.6.